The third kappa shape index (κ3) is 2.62. The van der Waals surface area contributed by atoms with Crippen LogP contribution in [0.4, 0.5) is 22.1 Å². The summed E-state index contributed by atoms with van der Waals surface area (Å²) in [5.74, 6) is -1.44. The maximum Gasteiger partial charge on any atom is 0.512 e. The average Bonchev–Trinajstić information content (AvgIpc) is 2.37. The topological polar surface area (TPSA) is 55.8 Å². The molecule has 0 radical (unpaired) electrons. The molecule has 0 aliphatic rings. The Morgan fingerprint density at radius 1 is 1.11 bits per heavy atom. The van der Waals surface area contributed by atoms with Crippen LogP contribution in [0.3, 0.4) is 0 Å². The minimum Gasteiger partial charge on any atom is -0.263 e. The van der Waals surface area contributed by atoms with Crippen LogP contribution in [0.5, 0.6) is 0 Å². The molecular formula is C6H4F5NO4P2. The maximum atomic E-state index is 13.2. The minimum atomic E-state index is -6.38. The van der Waals surface area contributed by atoms with Gasteiger partial charge in [0.2, 0.25) is 0 Å². The molecule has 2 atom stereocenters. The molecule has 102 valence electrons. The summed E-state index contributed by atoms with van der Waals surface area (Å²) in [5.41, 5.74) is 0. The molecule has 0 spiro atoms. The van der Waals surface area contributed by atoms with Crippen LogP contribution in [0.2, 0.25) is 0 Å². The normalized spacial score (nSPS) is 18.3. The van der Waals surface area contributed by atoms with Crippen molar-refractivity contribution in [3.05, 3.63) is 30.1 Å². The fourth-order valence-corrected chi connectivity index (χ4v) is 3.55. The van der Waals surface area contributed by atoms with E-state index in [2.05, 4.69) is 9.46 Å². The van der Waals surface area contributed by atoms with Gasteiger partial charge in [-0.2, -0.15) is 0 Å². The first kappa shape index (κ1) is 15.3. The van der Waals surface area contributed by atoms with Crippen molar-refractivity contribution in [2.45, 2.75) is 0 Å². The number of nitrogens with zero attached hydrogens (tertiary/aromatic N) is 1. The minimum absolute atomic E-state index is 0.570. The first-order chi connectivity index (χ1) is 8.29. The second kappa shape index (κ2) is 5.46. The lowest BCUT2D eigenvalue weighted by molar-refractivity contribution is -0.0481. The summed E-state index contributed by atoms with van der Waals surface area (Å²) in [6.45, 7) is 0. The molecule has 1 aromatic carbocycles. The van der Waals surface area contributed by atoms with E-state index in [9.17, 15) is 31.3 Å². The van der Waals surface area contributed by atoms with Crippen molar-refractivity contribution < 1.29 is 40.7 Å². The predicted molar refractivity (Wildman–Crippen MR) is 49.7 cm³/mol. The van der Waals surface area contributed by atoms with E-state index in [1.807, 2.05) is 0 Å². The summed E-state index contributed by atoms with van der Waals surface area (Å²) < 4.78 is 87.5. The average molecular weight is 311 g/mol. The Morgan fingerprint density at radius 2 is 1.67 bits per heavy atom. The molecule has 0 N–H and O–H groups in total. The van der Waals surface area contributed by atoms with E-state index in [1.165, 1.54) is 0 Å². The van der Waals surface area contributed by atoms with Crippen LogP contribution in [0.15, 0.2) is 24.3 Å². The van der Waals surface area contributed by atoms with Crippen LogP contribution in [0, 0.1) is 5.82 Å². The quantitative estimate of drug-likeness (QED) is 0.471. The highest BCUT2D eigenvalue weighted by atomic mass is 31.3. The SMILES string of the molecule is O=P(F)(OF)N(F)P(=O)(OF)c1ccccc1F. The van der Waals surface area contributed by atoms with Gasteiger partial charge >= 0.3 is 15.3 Å². The van der Waals surface area contributed by atoms with Crippen molar-refractivity contribution in [3.8, 4) is 0 Å². The van der Waals surface area contributed by atoms with Crippen molar-refractivity contribution in [1.29, 1.82) is 0 Å². The van der Waals surface area contributed by atoms with Gasteiger partial charge in [-0.3, -0.25) is 4.57 Å². The number of rotatable bonds is 5. The molecule has 1 rings (SSSR count). The molecular weight excluding hydrogens is 307 g/mol. The van der Waals surface area contributed by atoms with Crippen molar-refractivity contribution in [2.75, 3.05) is 0 Å². The highest BCUT2D eigenvalue weighted by molar-refractivity contribution is 7.73. The highest BCUT2D eigenvalue weighted by Gasteiger charge is 2.52. The molecule has 2 unspecified atom stereocenters. The van der Waals surface area contributed by atoms with Gasteiger partial charge in [-0.1, -0.05) is 16.9 Å². The number of halogens is 5. The highest BCUT2D eigenvalue weighted by Crippen LogP contribution is 2.68. The molecule has 0 heterocycles. The van der Waals surface area contributed by atoms with Gasteiger partial charge in [-0.15, -0.1) is 13.4 Å². The summed E-state index contributed by atoms with van der Waals surface area (Å²) in [4.78, 5) is 0. The van der Waals surface area contributed by atoms with Gasteiger partial charge in [0.1, 0.15) is 5.82 Å². The van der Waals surface area contributed by atoms with Crippen LogP contribution in [-0.2, 0) is 18.6 Å². The fourth-order valence-electron chi connectivity index (χ4n) is 0.999. The zero-order valence-electron chi connectivity index (χ0n) is 8.17. The van der Waals surface area contributed by atoms with Crippen molar-refractivity contribution in [2.24, 2.45) is 0 Å². The second-order valence-corrected chi connectivity index (χ2v) is 6.52. The third-order valence-corrected chi connectivity index (χ3v) is 5.26. The molecule has 0 aliphatic carbocycles. The van der Waals surface area contributed by atoms with Crippen molar-refractivity contribution in [3.63, 3.8) is 0 Å². The van der Waals surface area contributed by atoms with E-state index in [1.54, 1.807) is 0 Å². The monoisotopic (exact) mass is 311 g/mol. The Bertz CT molecular complexity index is 528. The van der Waals surface area contributed by atoms with Crippen LogP contribution in [0.25, 0.3) is 0 Å². The number of hydrogen-bond acceptors (Lipinski definition) is 4. The van der Waals surface area contributed by atoms with E-state index in [4.69, 9.17) is 0 Å². The van der Waals surface area contributed by atoms with E-state index in [0.29, 0.717) is 12.1 Å². The van der Waals surface area contributed by atoms with E-state index < -0.39 is 31.1 Å². The molecule has 12 heteroatoms. The standard InChI is InChI=1S/C6H4F5NO4P2/c7-5-3-1-2-4-6(5)17(13,15-9)12(8)18(11,14)16-10/h1-4H. The van der Waals surface area contributed by atoms with Gasteiger partial charge in [0.25, 0.3) is 0 Å². The summed E-state index contributed by atoms with van der Waals surface area (Å²) in [6, 6.07) is 3.23. The summed E-state index contributed by atoms with van der Waals surface area (Å²) >= 11 is 0. The summed E-state index contributed by atoms with van der Waals surface area (Å²) in [6.07, 6.45) is 0. The first-order valence-electron chi connectivity index (χ1n) is 4.02. The van der Waals surface area contributed by atoms with Crippen LogP contribution in [-0.4, -0.2) is 4.66 Å². The fraction of sp³-hybridized carbons (Fsp3) is 0. The summed E-state index contributed by atoms with van der Waals surface area (Å²) in [5, 5.41) is -1.29. The number of hydrogen-bond donors (Lipinski definition) is 0. The first-order valence-corrected chi connectivity index (χ1v) is 7.06. The van der Waals surface area contributed by atoms with Gasteiger partial charge in [-0.25, -0.2) is 8.96 Å². The number of benzene rings is 1. The molecule has 18 heavy (non-hydrogen) atoms. The predicted octanol–water partition coefficient (Wildman–Crippen LogP) is 3.71. The van der Waals surface area contributed by atoms with E-state index >= 15 is 0 Å². The van der Waals surface area contributed by atoms with Gasteiger partial charge in [0.15, 0.2) is 0 Å². The molecule has 1 aromatic rings. The Morgan fingerprint density at radius 3 is 2.11 bits per heavy atom. The molecule has 0 saturated carbocycles. The Balaban J connectivity index is 3.36. The lowest BCUT2D eigenvalue weighted by Gasteiger charge is -2.19. The smallest absolute Gasteiger partial charge is 0.263 e. The van der Waals surface area contributed by atoms with E-state index in [0.717, 1.165) is 12.1 Å². The Kier molecular flexibility index (Phi) is 4.63. The van der Waals surface area contributed by atoms with Crippen LogP contribution < -0.4 is 5.30 Å². The zero-order valence-corrected chi connectivity index (χ0v) is 9.96. The molecule has 0 amide bonds. The van der Waals surface area contributed by atoms with E-state index in [-0.39, 0.29) is 0 Å². The van der Waals surface area contributed by atoms with Gasteiger partial charge in [0.05, 0.1) is 5.30 Å². The molecule has 0 fully saturated rings. The Labute approximate surface area is 97.0 Å². The molecule has 5 nitrogen and oxygen atoms in total. The van der Waals surface area contributed by atoms with Crippen molar-refractivity contribution in [1.82, 2.24) is 4.66 Å². The van der Waals surface area contributed by atoms with Gasteiger partial charge in [0, 0.05) is 4.66 Å². The van der Waals surface area contributed by atoms with Gasteiger partial charge in [-0.05, 0) is 21.2 Å². The maximum absolute atomic E-state index is 13.2. The molecule has 0 aromatic heterocycles. The van der Waals surface area contributed by atoms with Crippen molar-refractivity contribution >= 4 is 20.7 Å². The zero-order chi connectivity index (χ0) is 14.0. The Hall–Kier alpha value is -0.790. The molecule has 0 aliphatic heterocycles. The largest absolute Gasteiger partial charge is 0.512 e. The van der Waals surface area contributed by atoms with Crippen LogP contribution >= 0.6 is 15.3 Å². The second-order valence-electron chi connectivity index (χ2n) is 2.80. The molecule has 0 bridgehead atoms. The summed E-state index contributed by atoms with van der Waals surface area (Å²) in [7, 11) is -12.1. The lowest BCUT2D eigenvalue weighted by Crippen LogP contribution is -2.19. The third-order valence-electron chi connectivity index (χ3n) is 1.75. The van der Waals surface area contributed by atoms with Crippen LogP contribution in [0.1, 0.15) is 0 Å². The lowest BCUT2D eigenvalue weighted by atomic mass is 10.3. The van der Waals surface area contributed by atoms with Gasteiger partial charge < -0.3 is 0 Å². The molecule has 0 saturated heterocycles.